The maximum absolute atomic E-state index is 13.3. The number of halogens is 1. The molecule has 18 heavy (non-hydrogen) atoms. The third-order valence-electron chi connectivity index (χ3n) is 4.34. The van der Waals surface area contributed by atoms with Crippen molar-refractivity contribution < 1.29 is 9.18 Å². The van der Waals surface area contributed by atoms with Gasteiger partial charge in [-0.1, -0.05) is 13.3 Å². The Balaban J connectivity index is 1.93. The summed E-state index contributed by atoms with van der Waals surface area (Å²) >= 11 is 0. The Morgan fingerprint density at radius 3 is 2.83 bits per heavy atom. The second-order valence-electron chi connectivity index (χ2n) is 5.38. The summed E-state index contributed by atoms with van der Waals surface area (Å²) in [6.45, 7) is 2.82. The molecule has 1 aromatic carbocycles. The van der Waals surface area contributed by atoms with Gasteiger partial charge in [0.2, 0.25) is 5.91 Å². The molecule has 1 aliphatic carbocycles. The molecule has 3 rings (SSSR count). The van der Waals surface area contributed by atoms with E-state index in [-0.39, 0.29) is 17.6 Å². The number of amides is 1. The molecule has 3 heteroatoms. The number of hydrogen-bond acceptors (Lipinski definition) is 1. The lowest BCUT2D eigenvalue weighted by molar-refractivity contribution is -0.124. The van der Waals surface area contributed by atoms with Gasteiger partial charge in [0, 0.05) is 24.1 Å². The summed E-state index contributed by atoms with van der Waals surface area (Å²) in [6, 6.07) is 4.81. The fourth-order valence-corrected chi connectivity index (χ4v) is 2.95. The van der Waals surface area contributed by atoms with E-state index in [1.165, 1.54) is 6.07 Å². The summed E-state index contributed by atoms with van der Waals surface area (Å²) < 4.78 is 13.3. The van der Waals surface area contributed by atoms with Crippen molar-refractivity contribution in [2.45, 2.75) is 38.5 Å². The Hall–Kier alpha value is -1.38. The van der Waals surface area contributed by atoms with E-state index in [4.69, 9.17) is 0 Å². The zero-order valence-electron chi connectivity index (χ0n) is 10.7. The van der Waals surface area contributed by atoms with Crippen LogP contribution >= 0.6 is 0 Å². The molecule has 96 valence electrons. The highest BCUT2D eigenvalue weighted by atomic mass is 19.1. The van der Waals surface area contributed by atoms with E-state index >= 15 is 0 Å². The van der Waals surface area contributed by atoms with Gasteiger partial charge in [0.25, 0.3) is 0 Å². The van der Waals surface area contributed by atoms with Gasteiger partial charge < -0.3 is 4.90 Å². The molecule has 2 aliphatic rings. The van der Waals surface area contributed by atoms with E-state index in [1.54, 1.807) is 12.1 Å². The van der Waals surface area contributed by atoms with Gasteiger partial charge in [-0.25, -0.2) is 4.39 Å². The van der Waals surface area contributed by atoms with Gasteiger partial charge in [-0.3, -0.25) is 4.79 Å². The van der Waals surface area contributed by atoms with Gasteiger partial charge in [0.15, 0.2) is 0 Å². The molecule has 1 atom stereocenters. The Morgan fingerprint density at radius 1 is 1.44 bits per heavy atom. The average Bonchev–Trinajstić information content (AvgIpc) is 2.64. The largest absolute Gasteiger partial charge is 0.311 e. The zero-order chi connectivity index (χ0) is 12.7. The normalized spacial score (nSPS) is 22.8. The number of carbonyl (C=O) groups is 1. The maximum atomic E-state index is 13.3. The highest BCUT2D eigenvalue weighted by Crippen LogP contribution is 2.41. The quantitative estimate of drug-likeness (QED) is 0.783. The molecule has 1 saturated carbocycles. The third-order valence-corrected chi connectivity index (χ3v) is 4.34. The molecule has 0 radical (unpaired) electrons. The molecule has 1 aromatic rings. The number of benzene rings is 1. The summed E-state index contributed by atoms with van der Waals surface area (Å²) in [5.41, 5.74) is 1.94. The topological polar surface area (TPSA) is 20.3 Å². The van der Waals surface area contributed by atoms with Crippen LogP contribution in [-0.2, 0) is 4.79 Å². The lowest BCUT2D eigenvalue weighted by Gasteiger charge is -2.29. The minimum Gasteiger partial charge on any atom is -0.311 e. The van der Waals surface area contributed by atoms with Crippen molar-refractivity contribution in [3.8, 4) is 0 Å². The first kappa shape index (κ1) is 11.7. The van der Waals surface area contributed by atoms with Crippen LogP contribution in [0.5, 0.6) is 0 Å². The molecule has 0 N–H and O–H groups in total. The summed E-state index contributed by atoms with van der Waals surface area (Å²) in [7, 11) is 0. The Morgan fingerprint density at radius 2 is 2.22 bits per heavy atom. The van der Waals surface area contributed by atoms with E-state index in [2.05, 4.69) is 6.92 Å². The van der Waals surface area contributed by atoms with Crippen molar-refractivity contribution in [2.75, 3.05) is 11.4 Å². The first-order chi connectivity index (χ1) is 8.70. The highest BCUT2D eigenvalue weighted by molar-refractivity contribution is 5.97. The average molecular weight is 247 g/mol. The van der Waals surface area contributed by atoms with E-state index in [0.29, 0.717) is 5.92 Å². The SMILES string of the molecule is CCC1CN(C(=O)C2CCC2)c2ccc(F)cc21. The lowest BCUT2D eigenvalue weighted by atomic mass is 9.84. The standard InChI is InChI=1S/C15H18FNO/c1-2-10-9-17(15(18)11-4-3-5-11)14-7-6-12(16)8-13(10)14/h6-8,10-11H,2-5,9H2,1H3. The number of anilines is 1. The monoisotopic (exact) mass is 247 g/mol. The van der Waals surface area contributed by atoms with E-state index in [9.17, 15) is 9.18 Å². The summed E-state index contributed by atoms with van der Waals surface area (Å²) in [5, 5.41) is 0. The van der Waals surface area contributed by atoms with E-state index in [1.807, 2.05) is 4.90 Å². The molecule has 1 heterocycles. The van der Waals surface area contributed by atoms with Gasteiger partial charge in [0.1, 0.15) is 5.82 Å². The summed E-state index contributed by atoms with van der Waals surface area (Å²) in [5.74, 6) is 0.536. The van der Waals surface area contributed by atoms with Crippen molar-refractivity contribution >= 4 is 11.6 Å². The van der Waals surface area contributed by atoms with Crippen LogP contribution in [0.2, 0.25) is 0 Å². The Kier molecular flexibility index (Phi) is 2.84. The van der Waals surface area contributed by atoms with Crippen LogP contribution in [0, 0.1) is 11.7 Å². The van der Waals surface area contributed by atoms with Crippen molar-refractivity contribution in [3.63, 3.8) is 0 Å². The van der Waals surface area contributed by atoms with Crippen molar-refractivity contribution in [2.24, 2.45) is 5.92 Å². The fourth-order valence-electron chi connectivity index (χ4n) is 2.95. The maximum Gasteiger partial charge on any atom is 0.230 e. The van der Waals surface area contributed by atoms with E-state index in [0.717, 1.165) is 43.5 Å². The van der Waals surface area contributed by atoms with Gasteiger partial charge in [-0.2, -0.15) is 0 Å². The van der Waals surface area contributed by atoms with Crippen molar-refractivity contribution in [1.29, 1.82) is 0 Å². The minimum atomic E-state index is -0.204. The molecule has 1 aliphatic heterocycles. The smallest absolute Gasteiger partial charge is 0.230 e. The molecule has 1 unspecified atom stereocenters. The second kappa shape index (κ2) is 4.38. The first-order valence-electron chi connectivity index (χ1n) is 6.81. The Labute approximate surface area is 107 Å². The number of fused-ring (bicyclic) bond motifs is 1. The number of carbonyl (C=O) groups excluding carboxylic acids is 1. The predicted octanol–water partition coefficient (Wildman–Crippen LogP) is 3.47. The van der Waals surface area contributed by atoms with Gasteiger partial charge in [0.05, 0.1) is 0 Å². The number of nitrogens with zero attached hydrogens (tertiary/aromatic N) is 1. The minimum absolute atomic E-state index is 0.204. The van der Waals surface area contributed by atoms with Crippen LogP contribution in [0.3, 0.4) is 0 Å². The van der Waals surface area contributed by atoms with E-state index < -0.39 is 0 Å². The van der Waals surface area contributed by atoms with Crippen molar-refractivity contribution in [3.05, 3.63) is 29.6 Å². The fraction of sp³-hybridized carbons (Fsp3) is 0.533. The van der Waals surface area contributed by atoms with Crippen LogP contribution in [0.1, 0.15) is 44.1 Å². The van der Waals surface area contributed by atoms with Gasteiger partial charge >= 0.3 is 0 Å². The van der Waals surface area contributed by atoms with Crippen LogP contribution in [0.25, 0.3) is 0 Å². The molecule has 0 spiro atoms. The lowest BCUT2D eigenvalue weighted by Crippen LogP contribution is -2.38. The van der Waals surface area contributed by atoms with Crippen LogP contribution < -0.4 is 4.90 Å². The van der Waals surface area contributed by atoms with Crippen LogP contribution in [0.15, 0.2) is 18.2 Å². The molecular formula is C15H18FNO. The van der Waals surface area contributed by atoms with Crippen molar-refractivity contribution in [1.82, 2.24) is 0 Å². The molecule has 0 aromatic heterocycles. The predicted molar refractivity (Wildman–Crippen MR) is 69.1 cm³/mol. The first-order valence-corrected chi connectivity index (χ1v) is 6.81. The second-order valence-corrected chi connectivity index (χ2v) is 5.38. The highest BCUT2D eigenvalue weighted by Gasteiger charge is 2.36. The molecule has 0 saturated heterocycles. The van der Waals surface area contributed by atoms with Crippen LogP contribution in [0.4, 0.5) is 10.1 Å². The summed E-state index contributed by atoms with van der Waals surface area (Å²) in [4.78, 5) is 14.3. The molecule has 1 amide bonds. The summed E-state index contributed by atoms with van der Waals surface area (Å²) in [6.07, 6.45) is 4.15. The van der Waals surface area contributed by atoms with Gasteiger partial charge in [-0.05, 0) is 43.0 Å². The molecule has 0 bridgehead atoms. The number of rotatable bonds is 2. The molecule has 1 fully saturated rings. The molecule has 2 nitrogen and oxygen atoms in total. The van der Waals surface area contributed by atoms with Crippen LogP contribution in [-0.4, -0.2) is 12.5 Å². The van der Waals surface area contributed by atoms with Gasteiger partial charge in [-0.15, -0.1) is 0 Å². The number of hydrogen-bond donors (Lipinski definition) is 0. The third kappa shape index (κ3) is 1.73. The zero-order valence-corrected chi connectivity index (χ0v) is 10.7. The molecular weight excluding hydrogens is 229 g/mol. The Bertz CT molecular complexity index is 481.